The largest absolute Gasteiger partial charge is 0.359 e. The second-order valence-electron chi connectivity index (χ2n) is 1.38. The SMILES string of the molecule is C/C=C\C#CC#CC(N)=O. The van der Waals surface area contributed by atoms with E-state index >= 15 is 0 Å². The molecule has 0 heterocycles. The van der Waals surface area contributed by atoms with Gasteiger partial charge in [-0.2, -0.15) is 0 Å². The van der Waals surface area contributed by atoms with Crippen molar-refractivity contribution in [2.24, 2.45) is 5.73 Å². The summed E-state index contributed by atoms with van der Waals surface area (Å²) in [6.07, 6.45) is 3.41. The molecule has 2 N–H and O–H groups in total. The Hall–Kier alpha value is -1.67. The summed E-state index contributed by atoms with van der Waals surface area (Å²) in [5.41, 5.74) is 4.71. The third-order valence-corrected chi connectivity index (χ3v) is 0.570. The average molecular weight is 133 g/mol. The van der Waals surface area contributed by atoms with Gasteiger partial charge in [0.05, 0.1) is 0 Å². The van der Waals surface area contributed by atoms with Crippen LogP contribution in [0.3, 0.4) is 0 Å². The molecular formula is C8H7NO. The van der Waals surface area contributed by atoms with Crippen LogP contribution in [0.25, 0.3) is 0 Å². The van der Waals surface area contributed by atoms with E-state index in [1.807, 2.05) is 6.92 Å². The van der Waals surface area contributed by atoms with E-state index in [4.69, 9.17) is 5.73 Å². The maximum Gasteiger partial charge on any atom is 0.294 e. The van der Waals surface area contributed by atoms with Crippen LogP contribution in [0.4, 0.5) is 0 Å². The highest BCUT2D eigenvalue weighted by molar-refractivity contribution is 5.92. The predicted octanol–water partition coefficient (Wildman–Crippen LogP) is 0.0546. The fourth-order valence-electron chi connectivity index (χ4n) is 0.254. The fraction of sp³-hybridized carbons (Fsp3) is 0.125. The molecule has 0 radical (unpaired) electrons. The summed E-state index contributed by atoms with van der Waals surface area (Å²) >= 11 is 0. The molecular weight excluding hydrogens is 126 g/mol. The molecule has 1 amide bonds. The van der Waals surface area contributed by atoms with Gasteiger partial charge >= 0.3 is 0 Å². The highest BCUT2D eigenvalue weighted by atomic mass is 16.1. The van der Waals surface area contributed by atoms with Gasteiger partial charge in [-0.3, -0.25) is 4.79 Å². The number of hydrogen-bond acceptors (Lipinski definition) is 1. The maximum absolute atomic E-state index is 9.99. The van der Waals surface area contributed by atoms with Crippen molar-refractivity contribution in [1.29, 1.82) is 0 Å². The average Bonchev–Trinajstić information content (AvgIpc) is 1.87. The van der Waals surface area contributed by atoms with Crippen LogP contribution in [0.15, 0.2) is 12.2 Å². The molecule has 0 saturated heterocycles. The number of amides is 1. The van der Waals surface area contributed by atoms with E-state index in [0.29, 0.717) is 0 Å². The Balaban J connectivity index is 3.90. The number of allylic oxidation sites excluding steroid dienone is 2. The smallest absolute Gasteiger partial charge is 0.294 e. The quantitative estimate of drug-likeness (QED) is 0.466. The van der Waals surface area contributed by atoms with Gasteiger partial charge in [0.2, 0.25) is 0 Å². The van der Waals surface area contributed by atoms with Gasteiger partial charge < -0.3 is 5.73 Å². The fourth-order valence-corrected chi connectivity index (χ4v) is 0.254. The summed E-state index contributed by atoms with van der Waals surface area (Å²) in [5.74, 6) is 8.71. The molecule has 0 unspecified atom stereocenters. The third-order valence-electron chi connectivity index (χ3n) is 0.570. The maximum atomic E-state index is 9.99. The Kier molecular flexibility index (Phi) is 4.55. The van der Waals surface area contributed by atoms with Crippen molar-refractivity contribution in [2.45, 2.75) is 6.92 Å². The minimum atomic E-state index is -0.658. The molecule has 2 heteroatoms. The zero-order valence-corrected chi connectivity index (χ0v) is 5.64. The van der Waals surface area contributed by atoms with Crippen molar-refractivity contribution in [3.05, 3.63) is 12.2 Å². The standard InChI is InChI=1S/C8H7NO/c1-2-3-4-5-6-7-8(9)10/h2-3H,1H3,(H2,9,10)/b3-2-. The highest BCUT2D eigenvalue weighted by Gasteiger charge is 1.74. The number of primary amides is 1. The molecule has 0 fully saturated rings. The van der Waals surface area contributed by atoms with Gasteiger partial charge in [0.25, 0.3) is 5.91 Å². The first kappa shape index (κ1) is 8.33. The summed E-state index contributed by atoms with van der Waals surface area (Å²) in [6, 6.07) is 0. The molecule has 0 aromatic rings. The summed E-state index contributed by atoms with van der Waals surface area (Å²) in [6.45, 7) is 1.84. The first-order chi connectivity index (χ1) is 4.77. The minimum Gasteiger partial charge on any atom is -0.359 e. The van der Waals surface area contributed by atoms with Crippen LogP contribution in [0.1, 0.15) is 6.92 Å². The highest BCUT2D eigenvalue weighted by Crippen LogP contribution is 1.63. The lowest BCUT2D eigenvalue weighted by Gasteiger charge is -1.65. The van der Waals surface area contributed by atoms with Crippen LogP contribution in [0.2, 0.25) is 0 Å². The Labute approximate surface area is 60.1 Å². The van der Waals surface area contributed by atoms with E-state index < -0.39 is 5.91 Å². The van der Waals surface area contributed by atoms with Crippen molar-refractivity contribution < 1.29 is 4.79 Å². The molecule has 0 aliphatic rings. The molecule has 0 aliphatic heterocycles. The zero-order valence-electron chi connectivity index (χ0n) is 5.64. The molecule has 10 heavy (non-hydrogen) atoms. The lowest BCUT2D eigenvalue weighted by atomic mass is 10.5. The van der Waals surface area contributed by atoms with E-state index in [1.54, 1.807) is 12.2 Å². The van der Waals surface area contributed by atoms with Crippen LogP contribution >= 0.6 is 0 Å². The number of rotatable bonds is 0. The van der Waals surface area contributed by atoms with E-state index in [1.165, 1.54) is 0 Å². The van der Waals surface area contributed by atoms with Crippen LogP contribution in [-0.2, 0) is 4.79 Å². The predicted molar refractivity (Wildman–Crippen MR) is 39.6 cm³/mol. The van der Waals surface area contributed by atoms with Crippen LogP contribution in [0, 0.1) is 23.7 Å². The van der Waals surface area contributed by atoms with E-state index in [-0.39, 0.29) is 0 Å². The van der Waals surface area contributed by atoms with E-state index in [0.717, 1.165) is 0 Å². The van der Waals surface area contributed by atoms with Crippen LogP contribution in [-0.4, -0.2) is 5.91 Å². The van der Waals surface area contributed by atoms with Crippen molar-refractivity contribution in [2.75, 3.05) is 0 Å². The Morgan fingerprint density at radius 3 is 2.70 bits per heavy atom. The topological polar surface area (TPSA) is 43.1 Å². The van der Waals surface area contributed by atoms with Crippen molar-refractivity contribution in [1.82, 2.24) is 0 Å². The molecule has 0 aromatic carbocycles. The second-order valence-corrected chi connectivity index (χ2v) is 1.38. The summed E-state index contributed by atoms with van der Waals surface area (Å²) in [4.78, 5) is 9.99. The van der Waals surface area contributed by atoms with Gasteiger partial charge in [-0.15, -0.1) is 0 Å². The lowest BCUT2D eigenvalue weighted by molar-refractivity contribution is -0.112. The molecule has 0 atom stereocenters. The van der Waals surface area contributed by atoms with Gasteiger partial charge in [0.1, 0.15) is 0 Å². The number of carbonyl (C=O) groups is 1. The molecule has 2 nitrogen and oxygen atoms in total. The monoisotopic (exact) mass is 133 g/mol. The van der Waals surface area contributed by atoms with Crippen molar-refractivity contribution >= 4 is 5.91 Å². The number of hydrogen-bond donors (Lipinski definition) is 1. The molecule has 0 aliphatic carbocycles. The van der Waals surface area contributed by atoms with Gasteiger partial charge in [-0.1, -0.05) is 12.0 Å². The van der Waals surface area contributed by atoms with E-state index in [2.05, 4.69) is 23.7 Å². The Morgan fingerprint density at radius 1 is 1.50 bits per heavy atom. The minimum absolute atomic E-state index is 0.658. The molecule has 0 saturated carbocycles. The normalized spacial score (nSPS) is 7.30. The van der Waals surface area contributed by atoms with Crippen molar-refractivity contribution in [3.8, 4) is 23.7 Å². The number of nitrogens with two attached hydrogens (primary N) is 1. The summed E-state index contributed by atoms with van der Waals surface area (Å²) < 4.78 is 0. The number of carbonyl (C=O) groups excluding carboxylic acids is 1. The second kappa shape index (κ2) is 5.47. The van der Waals surface area contributed by atoms with Crippen LogP contribution in [0.5, 0.6) is 0 Å². The van der Waals surface area contributed by atoms with Gasteiger partial charge in [-0.25, -0.2) is 0 Å². The summed E-state index contributed by atoms with van der Waals surface area (Å²) in [5, 5.41) is 0. The van der Waals surface area contributed by atoms with Crippen LogP contribution < -0.4 is 5.73 Å². The first-order valence-corrected chi connectivity index (χ1v) is 2.69. The van der Waals surface area contributed by atoms with Crippen molar-refractivity contribution in [3.63, 3.8) is 0 Å². The molecule has 0 rings (SSSR count). The Morgan fingerprint density at radius 2 is 2.20 bits per heavy atom. The van der Waals surface area contributed by atoms with Gasteiger partial charge in [-0.05, 0) is 24.8 Å². The molecule has 0 bridgehead atoms. The molecule has 0 spiro atoms. The van der Waals surface area contributed by atoms with Gasteiger partial charge in [0, 0.05) is 5.92 Å². The van der Waals surface area contributed by atoms with E-state index in [9.17, 15) is 4.79 Å². The lowest BCUT2D eigenvalue weighted by Crippen LogP contribution is -2.05. The Bertz CT molecular complexity index is 254. The van der Waals surface area contributed by atoms with Gasteiger partial charge in [0.15, 0.2) is 0 Å². The molecule has 0 aromatic heterocycles. The summed E-state index contributed by atoms with van der Waals surface area (Å²) in [7, 11) is 0. The molecule has 50 valence electrons. The zero-order chi connectivity index (χ0) is 7.82. The first-order valence-electron chi connectivity index (χ1n) is 2.69. The third kappa shape index (κ3) is 6.33.